The fourth-order valence-corrected chi connectivity index (χ4v) is 2.06. The van der Waals surface area contributed by atoms with Crippen LogP contribution in [0, 0.1) is 6.92 Å². The highest BCUT2D eigenvalue weighted by Crippen LogP contribution is 2.29. The summed E-state index contributed by atoms with van der Waals surface area (Å²) in [5.41, 5.74) is 8.63. The van der Waals surface area contributed by atoms with E-state index < -0.39 is 0 Å². The van der Waals surface area contributed by atoms with Crippen LogP contribution in [0.4, 0.5) is 5.82 Å². The number of benzene rings is 1. The lowest BCUT2D eigenvalue weighted by Gasteiger charge is -2.09. The molecule has 0 amide bonds. The molecule has 0 fully saturated rings. The number of nitrogen functional groups attached to an aromatic ring is 1. The minimum atomic E-state index is 0.515. The molecule has 88 valence electrons. The first kappa shape index (κ1) is 10.7. The van der Waals surface area contributed by atoms with Crippen LogP contribution >= 0.6 is 0 Å². The van der Waals surface area contributed by atoms with Gasteiger partial charge in [-0.1, -0.05) is 18.2 Å². The maximum Gasteiger partial charge on any atom is 0.130 e. The summed E-state index contributed by atoms with van der Waals surface area (Å²) in [6.07, 6.45) is 5.13. The van der Waals surface area contributed by atoms with Gasteiger partial charge >= 0.3 is 0 Å². The molecule has 18 heavy (non-hydrogen) atoms. The Morgan fingerprint density at radius 3 is 2.89 bits per heavy atom. The van der Waals surface area contributed by atoms with Crippen LogP contribution in [0.15, 0.2) is 43.0 Å². The predicted octanol–water partition coefficient (Wildman–Crippen LogP) is 2.58. The first-order chi connectivity index (χ1) is 8.77. The quantitative estimate of drug-likeness (QED) is 0.705. The van der Waals surface area contributed by atoms with Crippen molar-refractivity contribution in [3.8, 4) is 11.3 Å². The van der Waals surface area contributed by atoms with Crippen molar-refractivity contribution in [2.45, 2.75) is 6.92 Å². The Morgan fingerprint density at radius 1 is 1.11 bits per heavy atom. The molecule has 2 aromatic heterocycles. The molecule has 3 rings (SSSR count). The third-order valence-electron chi connectivity index (χ3n) is 3.06. The molecule has 4 nitrogen and oxygen atoms in total. The molecule has 4 heteroatoms. The molecule has 0 unspecified atom stereocenters. The Hall–Kier alpha value is -2.49. The van der Waals surface area contributed by atoms with Crippen LogP contribution < -0.4 is 5.73 Å². The maximum atomic E-state index is 5.84. The SMILES string of the molecule is Cc1c(N)ncnc1-c1cccc2ccncc12. The maximum absolute atomic E-state index is 5.84. The van der Waals surface area contributed by atoms with Gasteiger partial charge in [-0.15, -0.1) is 0 Å². The predicted molar refractivity (Wildman–Crippen MR) is 71.9 cm³/mol. The molecule has 0 radical (unpaired) electrons. The van der Waals surface area contributed by atoms with Gasteiger partial charge in [0.1, 0.15) is 12.1 Å². The van der Waals surface area contributed by atoms with Crippen LogP contribution in [0.1, 0.15) is 5.56 Å². The van der Waals surface area contributed by atoms with Crippen LogP contribution in [0.3, 0.4) is 0 Å². The van der Waals surface area contributed by atoms with Crippen molar-refractivity contribution in [2.75, 3.05) is 5.73 Å². The van der Waals surface area contributed by atoms with Gasteiger partial charge in [0.05, 0.1) is 5.69 Å². The molecule has 0 bridgehead atoms. The van der Waals surface area contributed by atoms with E-state index in [0.717, 1.165) is 27.6 Å². The monoisotopic (exact) mass is 236 g/mol. The molecule has 2 N–H and O–H groups in total. The van der Waals surface area contributed by atoms with Gasteiger partial charge in [0.15, 0.2) is 0 Å². The summed E-state index contributed by atoms with van der Waals surface area (Å²) in [5.74, 6) is 0.515. The first-order valence-corrected chi connectivity index (χ1v) is 5.67. The highest BCUT2D eigenvalue weighted by molar-refractivity contribution is 5.96. The van der Waals surface area contributed by atoms with Gasteiger partial charge in [-0.2, -0.15) is 0 Å². The number of fused-ring (bicyclic) bond motifs is 1. The number of anilines is 1. The van der Waals surface area contributed by atoms with E-state index in [9.17, 15) is 0 Å². The molecule has 0 spiro atoms. The number of nitrogens with two attached hydrogens (primary N) is 1. The summed E-state index contributed by atoms with van der Waals surface area (Å²) in [6, 6.07) is 8.08. The van der Waals surface area contributed by atoms with Crippen molar-refractivity contribution in [3.63, 3.8) is 0 Å². The second kappa shape index (κ2) is 4.07. The minimum absolute atomic E-state index is 0.515. The third kappa shape index (κ3) is 1.59. The van der Waals surface area contributed by atoms with Gasteiger partial charge in [0.2, 0.25) is 0 Å². The number of hydrogen-bond donors (Lipinski definition) is 1. The zero-order chi connectivity index (χ0) is 12.5. The molecular formula is C14H12N4. The van der Waals surface area contributed by atoms with E-state index in [1.165, 1.54) is 6.33 Å². The van der Waals surface area contributed by atoms with Crippen molar-refractivity contribution >= 4 is 16.6 Å². The molecule has 3 aromatic rings. The molecular weight excluding hydrogens is 224 g/mol. The van der Waals surface area contributed by atoms with Crippen molar-refractivity contribution in [1.29, 1.82) is 0 Å². The highest BCUT2D eigenvalue weighted by atomic mass is 14.9. The fraction of sp³-hybridized carbons (Fsp3) is 0.0714. The van der Waals surface area contributed by atoms with E-state index in [1.54, 1.807) is 6.20 Å². The molecule has 2 heterocycles. The summed E-state index contributed by atoms with van der Waals surface area (Å²) < 4.78 is 0. The lowest BCUT2D eigenvalue weighted by molar-refractivity contribution is 1.15. The Kier molecular flexibility index (Phi) is 2.41. The molecule has 0 aliphatic rings. The van der Waals surface area contributed by atoms with E-state index in [2.05, 4.69) is 21.0 Å². The Bertz CT molecular complexity index is 717. The zero-order valence-corrected chi connectivity index (χ0v) is 9.96. The van der Waals surface area contributed by atoms with E-state index in [0.29, 0.717) is 5.82 Å². The molecule has 0 aliphatic carbocycles. The second-order valence-corrected chi connectivity index (χ2v) is 4.13. The smallest absolute Gasteiger partial charge is 0.130 e. The second-order valence-electron chi connectivity index (χ2n) is 4.13. The fourth-order valence-electron chi connectivity index (χ4n) is 2.06. The van der Waals surface area contributed by atoms with Gasteiger partial charge < -0.3 is 5.73 Å². The number of pyridine rings is 1. The normalized spacial score (nSPS) is 10.7. The summed E-state index contributed by atoms with van der Waals surface area (Å²) in [7, 11) is 0. The van der Waals surface area contributed by atoms with Crippen molar-refractivity contribution in [1.82, 2.24) is 15.0 Å². The minimum Gasteiger partial charge on any atom is -0.383 e. The number of rotatable bonds is 1. The number of nitrogens with zero attached hydrogens (tertiary/aromatic N) is 3. The average Bonchev–Trinajstić information content (AvgIpc) is 2.41. The van der Waals surface area contributed by atoms with Crippen molar-refractivity contribution in [3.05, 3.63) is 48.5 Å². The summed E-state index contributed by atoms with van der Waals surface area (Å²) >= 11 is 0. The van der Waals surface area contributed by atoms with E-state index in [4.69, 9.17) is 5.73 Å². The molecule has 0 saturated heterocycles. The molecule has 0 aliphatic heterocycles. The molecule has 0 saturated carbocycles. The first-order valence-electron chi connectivity index (χ1n) is 5.67. The average molecular weight is 236 g/mol. The summed E-state index contributed by atoms with van der Waals surface area (Å²) in [6.45, 7) is 1.93. The highest BCUT2D eigenvalue weighted by Gasteiger charge is 2.09. The topological polar surface area (TPSA) is 64.7 Å². The van der Waals surface area contributed by atoms with E-state index in [-0.39, 0.29) is 0 Å². The zero-order valence-electron chi connectivity index (χ0n) is 9.96. The van der Waals surface area contributed by atoms with Crippen LogP contribution in [-0.2, 0) is 0 Å². The molecule has 1 aromatic carbocycles. The summed E-state index contributed by atoms with van der Waals surface area (Å²) in [5, 5.41) is 2.21. The lowest BCUT2D eigenvalue weighted by atomic mass is 10.0. The van der Waals surface area contributed by atoms with Crippen LogP contribution in [0.25, 0.3) is 22.0 Å². The number of aromatic nitrogens is 3. The Morgan fingerprint density at radius 2 is 2.00 bits per heavy atom. The molecule has 0 atom stereocenters. The van der Waals surface area contributed by atoms with Gasteiger partial charge in [0.25, 0.3) is 0 Å². The number of hydrogen-bond acceptors (Lipinski definition) is 4. The summed E-state index contributed by atoms with van der Waals surface area (Å²) in [4.78, 5) is 12.5. The van der Waals surface area contributed by atoms with E-state index in [1.807, 2.05) is 31.3 Å². The van der Waals surface area contributed by atoms with Gasteiger partial charge in [-0.05, 0) is 18.4 Å². The van der Waals surface area contributed by atoms with Gasteiger partial charge in [-0.3, -0.25) is 4.98 Å². The van der Waals surface area contributed by atoms with Crippen LogP contribution in [-0.4, -0.2) is 15.0 Å². The lowest BCUT2D eigenvalue weighted by Crippen LogP contribution is -1.98. The van der Waals surface area contributed by atoms with Crippen molar-refractivity contribution in [2.24, 2.45) is 0 Å². The third-order valence-corrected chi connectivity index (χ3v) is 3.06. The van der Waals surface area contributed by atoms with Gasteiger partial charge in [-0.25, -0.2) is 9.97 Å². The largest absolute Gasteiger partial charge is 0.383 e. The standard InChI is InChI=1S/C14H12N4/c1-9-13(17-8-18-14(9)15)11-4-2-3-10-5-6-16-7-12(10)11/h2-8H,1H3,(H2,15,17,18). The van der Waals surface area contributed by atoms with Crippen LogP contribution in [0.5, 0.6) is 0 Å². The van der Waals surface area contributed by atoms with Crippen LogP contribution in [0.2, 0.25) is 0 Å². The van der Waals surface area contributed by atoms with Gasteiger partial charge in [0, 0.05) is 28.9 Å². The Labute approximate surface area is 105 Å². The Balaban J connectivity index is 2.35. The van der Waals surface area contributed by atoms with Crippen molar-refractivity contribution < 1.29 is 0 Å². The van der Waals surface area contributed by atoms with E-state index >= 15 is 0 Å².